The number of H-pyrrole nitrogens is 1. The number of carboxylic acid groups (broad SMARTS) is 1. The van der Waals surface area contributed by atoms with E-state index in [-0.39, 0.29) is 23.6 Å². The molecule has 1 heterocycles. The summed E-state index contributed by atoms with van der Waals surface area (Å²) in [7, 11) is 0. The van der Waals surface area contributed by atoms with Gasteiger partial charge in [-0.2, -0.15) is 0 Å². The van der Waals surface area contributed by atoms with Gasteiger partial charge in [-0.1, -0.05) is 19.3 Å². The molecular weight excluding hydrogens is 417 g/mol. The van der Waals surface area contributed by atoms with Crippen molar-refractivity contribution < 1.29 is 28.7 Å². The minimum absolute atomic E-state index is 0.0131. The lowest BCUT2D eigenvalue weighted by Crippen LogP contribution is -2.50. The van der Waals surface area contributed by atoms with Gasteiger partial charge in [0.2, 0.25) is 5.91 Å². The van der Waals surface area contributed by atoms with Crippen LogP contribution in [0.1, 0.15) is 55.3 Å². The lowest BCUT2D eigenvalue weighted by Gasteiger charge is -2.36. The van der Waals surface area contributed by atoms with Gasteiger partial charge in [0.15, 0.2) is 0 Å². The quantitative estimate of drug-likeness (QED) is 0.481. The van der Waals surface area contributed by atoms with E-state index in [0.29, 0.717) is 10.9 Å². The molecule has 8 nitrogen and oxygen atoms in total. The normalized spacial score (nSPS) is 16.7. The number of fused-ring (bicyclic) bond motifs is 1. The predicted octanol–water partition coefficient (Wildman–Crippen LogP) is 2.73. The summed E-state index contributed by atoms with van der Waals surface area (Å²) in [4.78, 5) is 55.8. The number of aromatic nitrogens is 1. The topological polar surface area (TPSA) is 111 Å². The van der Waals surface area contributed by atoms with Crippen molar-refractivity contribution in [2.75, 3.05) is 13.1 Å². The van der Waals surface area contributed by atoms with Gasteiger partial charge in [0.1, 0.15) is 18.9 Å². The summed E-state index contributed by atoms with van der Waals surface area (Å²) in [5.41, 5.74) is 0.360. The number of aromatic amines is 1. The van der Waals surface area contributed by atoms with Crippen molar-refractivity contribution in [3.8, 4) is 0 Å². The Balaban J connectivity index is 1.54. The lowest BCUT2D eigenvalue weighted by molar-refractivity contribution is -0.146. The van der Waals surface area contributed by atoms with Crippen molar-refractivity contribution in [1.29, 1.82) is 0 Å². The standard InChI is InChI=1S/C23H26FN3O5/c24-14-6-9-17-18(11-25-19(17)10-14)22(31)23(32)26(13-21(29)30)12-20(28)27(16-7-8-16)15-4-2-1-3-5-15/h6,9-11,15-16,25H,1-5,7-8,12-13H2,(H,29,30). The van der Waals surface area contributed by atoms with Crippen LogP contribution in [0.4, 0.5) is 4.39 Å². The summed E-state index contributed by atoms with van der Waals surface area (Å²) in [6, 6.07) is 3.99. The molecule has 2 aromatic rings. The number of carbonyl (C=O) groups excluding carboxylic acids is 3. The summed E-state index contributed by atoms with van der Waals surface area (Å²) >= 11 is 0. The number of Topliss-reactive ketones (excluding diaryl/α,β-unsaturated/α-hetero) is 1. The fourth-order valence-corrected chi connectivity index (χ4v) is 4.57. The second-order valence-electron chi connectivity index (χ2n) is 8.60. The number of carboxylic acids is 1. The van der Waals surface area contributed by atoms with E-state index in [4.69, 9.17) is 0 Å². The number of halogens is 1. The molecule has 170 valence electrons. The Hall–Kier alpha value is -3.23. The molecule has 2 fully saturated rings. The average molecular weight is 443 g/mol. The largest absolute Gasteiger partial charge is 0.480 e. The van der Waals surface area contributed by atoms with Crippen LogP contribution in [0.3, 0.4) is 0 Å². The third-order valence-corrected chi connectivity index (χ3v) is 6.22. The van der Waals surface area contributed by atoms with E-state index in [1.54, 1.807) is 0 Å². The highest BCUT2D eigenvalue weighted by atomic mass is 19.1. The Labute approximate surface area is 184 Å². The van der Waals surface area contributed by atoms with Crippen LogP contribution in [0, 0.1) is 5.82 Å². The fourth-order valence-electron chi connectivity index (χ4n) is 4.57. The number of ketones is 1. The maximum Gasteiger partial charge on any atom is 0.323 e. The lowest BCUT2D eigenvalue weighted by atomic mass is 9.94. The highest BCUT2D eigenvalue weighted by molar-refractivity contribution is 6.45. The van der Waals surface area contributed by atoms with Crippen molar-refractivity contribution in [1.82, 2.24) is 14.8 Å². The number of nitrogens with zero attached hydrogens (tertiary/aromatic N) is 2. The second-order valence-corrected chi connectivity index (χ2v) is 8.60. The number of amides is 2. The zero-order valence-corrected chi connectivity index (χ0v) is 17.7. The summed E-state index contributed by atoms with van der Waals surface area (Å²) in [5.74, 6) is -4.12. The van der Waals surface area contributed by atoms with Gasteiger partial charge in [0.25, 0.3) is 11.7 Å². The zero-order chi connectivity index (χ0) is 22.8. The predicted molar refractivity (Wildman–Crippen MR) is 114 cm³/mol. The summed E-state index contributed by atoms with van der Waals surface area (Å²) in [6.07, 6.45) is 8.12. The molecule has 2 aliphatic rings. The number of benzene rings is 1. The molecule has 2 saturated carbocycles. The smallest absolute Gasteiger partial charge is 0.323 e. The van der Waals surface area contributed by atoms with Gasteiger partial charge >= 0.3 is 5.97 Å². The van der Waals surface area contributed by atoms with E-state index in [1.165, 1.54) is 24.4 Å². The van der Waals surface area contributed by atoms with Gasteiger partial charge in [0, 0.05) is 29.2 Å². The van der Waals surface area contributed by atoms with E-state index in [9.17, 15) is 28.7 Å². The molecule has 2 N–H and O–H groups in total. The Morgan fingerprint density at radius 1 is 1.00 bits per heavy atom. The van der Waals surface area contributed by atoms with Gasteiger partial charge in [-0.3, -0.25) is 19.2 Å². The number of carbonyl (C=O) groups is 4. The van der Waals surface area contributed by atoms with E-state index >= 15 is 0 Å². The summed E-state index contributed by atoms with van der Waals surface area (Å²) in [6.45, 7) is -1.21. The molecule has 0 saturated heterocycles. The molecule has 9 heteroatoms. The van der Waals surface area contributed by atoms with Crippen molar-refractivity contribution in [2.45, 2.75) is 57.0 Å². The van der Waals surface area contributed by atoms with E-state index in [1.807, 2.05) is 4.90 Å². The molecular formula is C23H26FN3O5. The first-order valence-electron chi connectivity index (χ1n) is 11.0. The number of hydrogen-bond acceptors (Lipinski definition) is 4. The Morgan fingerprint density at radius 2 is 1.69 bits per heavy atom. The highest BCUT2D eigenvalue weighted by Crippen LogP contribution is 2.34. The van der Waals surface area contributed by atoms with Gasteiger partial charge in [-0.05, 0) is 43.9 Å². The molecule has 0 unspecified atom stereocenters. The molecule has 1 aromatic carbocycles. The number of nitrogens with one attached hydrogen (secondary N) is 1. The van der Waals surface area contributed by atoms with E-state index < -0.39 is 36.6 Å². The van der Waals surface area contributed by atoms with Crippen molar-refractivity contribution >= 4 is 34.5 Å². The first kappa shape index (κ1) is 22.0. The van der Waals surface area contributed by atoms with Gasteiger partial charge in [0.05, 0.1) is 5.56 Å². The summed E-state index contributed by atoms with van der Waals surface area (Å²) in [5, 5.41) is 9.65. The van der Waals surface area contributed by atoms with Crippen LogP contribution in [-0.2, 0) is 14.4 Å². The van der Waals surface area contributed by atoms with Gasteiger partial charge in [-0.25, -0.2) is 4.39 Å². The number of rotatable bonds is 8. The number of aliphatic carboxylic acids is 1. The monoisotopic (exact) mass is 443 g/mol. The molecule has 0 aliphatic heterocycles. The molecule has 0 spiro atoms. The van der Waals surface area contributed by atoms with Crippen LogP contribution in [-0.4, -0.2) is 68.6 Å². The van der Waals surface area contributed by atoms with Gasteiger partial charge in [-0.15, -0.1) is 0 Å². The fraction of sp³-hybridized carbons (Fsp3) is 0.478. The van der Waals surface area contributed by atoms with Crippen LogP contribution in [0.5, 0.6) is 0 Å². The Kier molecular flexibility index (Phi) is 6.25. The molecule has 2 amide bonds. The molecule has 2 aliphatic carbocycles. The third-order valence-electron chi connectivity index (χ3n) is 6.22. The minimum atomic E-state index is -1.31. The van der Waals surface area contributed by atoms with Gasteiger partial charge < -0.3 is 19.9 Å². The van der Waals surface area contributed by atoms with Crippen LogP contribution < -0.4 is 0 Å². The first-order valence-corrected chi connectivity index (χ1v) is 11.0. The molecule has 0 atom stereocenters. The molecule has 0 radical (unpaired) electrons. The second kappa shape index (κ2) is 9.10. The maximum absolute atomic E-state index is 13.4. The zero-order valence-electron chi connectivity index (χ0n) is 17.7. The van der Waals surface area contributed by atoms with E-state index in [2.05, 4.69) is 4.98 Å². The van der Waals surface area contributed by atoms with Crippen LogP contribution in [0.25, 0.3) is 10.9 Å². The highest BCUT2D eigenvalue weighted by Gasteiger charge is 2.39. The Bertz CT molecular complexity index is 1060. The van der Waals surface area contributed by atoms with Crippen molar-refractivity contribution in [3.63, 3.8) is 0 Å². The molecule has 1 aromatic heterocycles. The third kappa shape index (κ3) is 4.66. The minimum Gasteiger partial charge on any atom is -0.480 e. The van der Waals surface area contributed by atoms with Crippen LogP contribution >= 0.6 is 0 Å². The van der Waals surface area contributed by atoms with Crippen molar-refractivity contribution in [3.05, 3.63) is 35.8 Å². The average Bonchev–Trinajstić information content (AvgIpc) is 3.50. The SMILES string of the molecule is O=C(O)CN(CC(=O)N(C1CCCCC1)C1CC1)C(=O)C(=O)c1c[nH]c2cc(F)ccc12. The van der Waals surface area contributed by atoms with Crippen LogP contribution in [0.2, 0.25) is 0 Å². The number of hydrogen-bond donors (Lipinski definition) is 2. The molecule has 32 heavy (non-hydrogen) atoms. The molecule has 0 bridgehead atoms. The first-order chi connectivity index (χ1) is 15.3. The molecule has 4 rings (SSSR count). The van der Waals surface area contributed by atoms with Crippen LogP contribution in [0.15, 0.2) is 24.4 Å². The van der Waals surface area contributed by atoms with E-state index in [0.717, 1.165) is 49.8 Å². The maximum atomic E-state index is 13.4. The van der Waals surface area contributed by atoms with Crippen molar-refractivity contribution in [2.24, 2.45) is 0 Å². The Morgan fingerprint density at radius 3 is 2.34 bits per heavy atom. The summed E-state index contributed by atoms with van der Waals surface area (Å²) < 4.78 is 13.4.